The first-order chi connectivity index (χ1) is 9.12. The molecule has 0 aliphatic heterocycles. The molecule has 0 saturated carbocycles. The molecule has 0 amide bonds. The highest BCUT2D eigenvalue weighted by Crippen LogP contribution is 2.43. The van der Waals surface area contributed by atoms with Gasteiger partial charge in [-0.1, -0.05) is 11.6 Å². The summed E-state index contributed by atoms with van der Waals surface area (Å²) in [6, 6.07) is 1.94. The van der Waals surface area contributed by atoms with E-state index in [1.807, 2.05) is 6.07 Å². The molecule has 104 valence electrons. The third kappa shape index (κ3) is 2.50. The summed E-state index contributed by atoms with van der Waals surface area (Å²) in [6.07, 6.45) is 2.14. The summed E-state index contributed by atoms with van der Waals surface area (Å²) in [5.41, 5.74) is 2.07. The van der Waals surface area contributed by atoms with Gasteiger partial charge in [0, 0.05) is 0 Å². The molecule has 0 bridgehead atoms. The molecule has 0 N–H and O–H groups in total. The molecule has 1 unspecified atom stereocenters. The maximum atomic E-state index is 11.6. The van der Waals surface area contributed by atoms with Gasteiger partial charge in [0.1, 0.15) is 0 Å². The minimum atomic E-state index is -0.184. The van der Waals surface area contributed by atoms with Crippen molar-refractivity contribution >= 4 is 17.6 Å². The Bertz CT molecular complexity index is 499. The van der Waals surface area contributed by atoms with E-state index in [2.05, 4.69) is 0 Å². The predicted octanol–water partition coefficient (Wildman–Crippen LogP) is 2.64. The molecule has 2 rings (SSSR count). The summed E-state index contributed by atoms with van der Waals surface area (Å²) >= 11 is 6.37. The fraction of sp³-hybridized carbons (Fsp3) is 0.500. The lowest BCUT2D eigenvalue weighted by atomic mass is 9.83. The molecule has 0 fully saturated rings. The second kappa shape index (κ2) is 5.70. The van der Waals surface area contributed by atoms with Gasteiger partial charge in [-0.05, 0) is 36.5 Å². The van der Waals surface area contributed by atoms with Crippen molar-refractivity contribution in [1.29, 1.82) is 0 Å². The molecular formula is C14H17ClO4. The third-order valence-corrected chi connectivity index (χ3v) is 3.95. The number of carbonyl (C=O) groups excluding carboxylic acids is 1. The zero-order valence-corrected chi connectivity index (χ0v) is 12.0. The van der Waals surface area contributed by atoms with Crippen LogP contribution in [0.4, 0.5) is 0 Å². The molecule has 1 atom stereocenters. The monoisotopic (exact) mass is 284 g/mol. The van der Waals surface area contributed by atoms with Crippen LogP contribution in [0.1, 0.15) is 17.5 Å². The van der Waals surface area contributed by atoms with Crippen LogP contribution in [0.3, 0.4) is 0 Å². The lowest BCUT2D eigenvalue weighted by Gasteiger charge is -2.25. The van der Waals surface area contributed by atoms with E-state index in [0.717, 1.165) is 24.0 Å². The van der Waals surface area contributed by atoms with Crippen molar-refractivity contribution in [3.63, 3.8) is 0 Å². The highest BCUT2D eigenvalue weighted by Gasteiger charge is 2.29. The molecule has 1 aliphatic carbocycles. The summed E-state index contributed by atoms with van der Waals surface area (Å²) in [6.45, 7) is 0. The molecule has 4 nitrogen and oxygen atoms in total. The van der Waals surface area contributed by atoms with Crippen molar-refractivity contribution in [2.75, 3.05) is 21.3 Å². The topological polar surface area (TPSA) is 44.8 Å². The lowest BCUT2D eigenvalue weighted by Crippen LogP contribution is -2.24. The molecule has 0 aromatic heterocycles. The van der Waals surface area contributed by atoms with Crippen LogP contribution in [0.5, 0.6) is 11.5 Å². The molecule has 0 saturated heterocycles. The van der Waals surface area contributed by atoms with E-state index in [1.54, 1.807) is 14.2 Å². The molecule has 0 spiro atoms. The fourth-order valence-corrected chi connectivity index (χ4v) is 2.90. The van der Waals surface area contributed by atoms with Crippen molar-refractivity contribution in [3.05, 3.63) is 22.2 Å². The Labute approximate surface area is 117 Å². The molecule has 1 aliphatic rings. The van der Waals surface area contributed by atoms with Crippen molar-refractivity contribution in [2.24, 2.45) is 5.92 Å². The van der Waals surface area contributed by atoms with Crippen molar-refractivity contribution < 1.29 is 19.0 Å². The molecule has 19 heavy (non-hydrogen) atoms. The van der Waals surface area contributed by atoms with Gasteiger partial charge >= 0.3 is 5.97 Å². The minimum Gasteiger partial charge on any atom is -0.493 e. The largest absolute Gasteiger partial charge is 0.493 e. The zero-order chi connectivity index (χ0) is 14.0. The zero-order valence-electron chi connectivity index (χ0n) is 11.3. The summed E-state index contributed by atoms with van der Waals surface area (Å²) in [5, 5.41) is 0.533. The number of methoxy groups -OCH3 is 3. The van der Waals surface area contributed by atoms with Crippen LogP contribution in [-0.2, 0) is 22.4 Å². The Morgan fingerprint density at radius 3 is 2.63 bits per heavy atom. The van der Waals surface area contributed by atoms with Gasteiger partial charge < -0.3 is 14.2 Å². The third-order valence-electron chi connectivity index (χ3n) is 3.55. The summed E-state index contributed by atoms with van der Waals surface area (Å²) < 4.78 is 15.4. The van der Waals surface area contributed by atoms with Crippen LogP contribution in [0.2, 0.25) is 5.02 Å². The Hall–Kier alpha value is -1.42. The summed E-state index contributed by atoms with van der Waals surface area (Å²) in [4.78, 5) is 11.6. The Kier molecular flexibility index (Phi) is 4.20. The standard InChI is InChI=1S/C14H17ClO4/c1-17-11-7-8-4-5-9(14(16)19-3)6-10(8)12(15)13(11)18-2/h7,9H,4-6H2,1-3H3. The van der Waals surface area contributed by atoms with E-state index in [4.69, 9.17) is 25.8 Å². The van der Waals surface area contributed by atoms with E-state index in [0.29, 0.717) is 22.9 Å². The number of hydrogen-bond donors (Lipinski definition) is 0. The van der Waals surface area contributed by atoms with Crippen LogP contribution in [-0.4, -0.2) is 27.3 Å². The highest BCUT2D eigenvalue weighted by molar-refractivity contribution is 6.33. The molecule has 5 heteroatoms. The maximum Gasteiger partial charge on any atom is 0.309 e. The lowest BCUT2D eigenvalue weighted by molar-refractivity contribution is -0.145. The Morgan fingerprint density at radius 1 is 1.32 bits per heavy atom. The number of halogens is 1. The van der Waals surface area contributed by atoms with E-state index in [-0.39, 0.29) is 11.9 Å². The quantitative estimate of drug-likeness (QED) is 0.801. The smallest absolute Gasteiger partial charge is 0.309 e. The van der Waals surface area contributed by atoms with Gasteiger partial charge in [0.05, 0.1) is 32.3 Å². The first-order valence-corrected chi connectivity index (χ1v) is 6.50. The number of aryl methyl sites for hydroxylation is 1. The SMILES string of the molecule is COC(=O)C1CCc2cc(OC)c(OC)c(Cl)c2C1. The average Bonchev–Trinajstić information content (AvgIpc) is 2.45. The van der Waals surface area contributed by atoms with Gasteiger partial charge in [0.25, 0.3) is 0 Å². The van der Waals surface area contributed by atoms with Crippen LogP contribution in [0, 0.1) is 5.92 Å². The first kappa shape index (κ1) is 14.0. The molecule has 0 radical (unpaired) electrons. The number of hydrogen-bond acceptors (Lipinski definition) is 4. The molecular weight excluding hydrogens is 268 g/mol. The van der Waals surface area contributed by atoms with Crippen molar-refractivity contribution in [1.82, 2.24) is 0 Å². The van der Waals surface area contributed by atoms with Crippen LogP contribution in [0.25, 0.3) is 0 Å². The minimum absolute atomic E-state index is 0.131. The van der Waals surface area contributed by atoms with Gasteiger partial charge in [0.2, 0.25) is 0 Å². The maximum absolute atomic E-state index is 11.6. The Morgan fingerprint density at radius 2 is 2.05 bits per heavy atom. The normalized spacial score (nSPS) is 17.6. The van der Waals surface area contributed by atoms with Gasteiger partial charge in [-0.25, -0.2) is 0 Å². The van der Waals surface area contributed by atoms with E-state index < -0.39 is 0 Å². The molecule has 1 aromatic rings. The first-order valence-electron chi connectivity index (χ1n) is 6.12. The van der Waals surface area contributed by atoms with Crippen LogP contribution in [0.15, 0.2) is 6.07 Å². The second-order valence-electron chi connectivity index (χ2n) is 4.53. The van der Waals surface area contributed by atoms with E-state index >= 15 is 0 Å². The summed E-state index contributed by atoms with van der Waals surface area (Å²) in [7, 11) is 4.55. The Balaban J connectivity index is 2.41. The molecule has 0 heterocycles. The summed E-state index contributed by atoms with van der Waals surface area (Å²) in [5.74, 6) is 0.834. The fourth-order valence-electron chi connectivity index (χ4n) is 2.53. The highest BCUT2D eigenvalue weighted by atomic mass is 35.5. The number of ether oxygens (including phenoxy) is 3. The number of rotatable bonds is 3. The average molecular weight is 285 g/mol. The van der Waals surface area contributed by atoms with Crippen molar-refractivity contribution in [3.8, 4) is 11.5 Å². The van der Waals surface area contributed by atoms with Crippen LogP contribution < -0.4 is 9.47 Å². The van der Waals surface area contributed by atoms with Gasteiger partial charge in [-0.15, -0.1) is 0 Å². The number of fused-ring (bicyclic) bond motifs is 1. The van der Waals surface area contributed by atoms with Gasteiger partial charge in [-0.3, -0.25) is 4.79 Å². The number of benzene rings is 1. The van der Waals surface area contributed by atoms with E-state index in [1.165, 1.54) is 7.11 Å². The van der Waals surface area contributed by atoms with Gasteiger partial charge in [-0.2, -0.15) is 0 Å². The predicted molar refractivity (Wildman–Crippen MR) is 72.1 cm³/mol. The second-order valence-corrected chi connectivity index (χ2v) is 4.90. The molecule has 1 aromatic carbocycles. The van der Waals surface area contributed by atoms with Crippen LogP contribution >= 0.6 is 11.6 Å². The number of esters is 1. The van der Waals surface area contributed by atoms with Gasteiger partial charge in [0.15, 0.2) is 11.5 Å². The van der Waals surface area contributed by atoms with Crippen molar-refractivity contribution in [2.45, 2.75) is 19.3 Å². The number of carbonyl (C=O) groups is 1. The van der Waals surface area contributed by atoms with E-state index in [9.17, 15) is 4.79 Å².